The Morgan fingerprint density at radius 2 is 2.00 bits per heavy atom. The van der Waals surface area contributed by atoms with Gasteiger partial charge in [0.2, 0.25) is 0 Å². The lowest BCUT2D eigenvalue weighted by atomic mass is 10.1. The van der Waals surface area contributed by atoms with Crippen LogP contribution in [0, 0.1) is 20.8 Å². The van der Waals surface area contributed by atoms with E-state index in [2.05, 4.69) is 17.6 Å². The van der Waals surface area contributed by atoms with E-state index in [9.17, 15) is 4.79 Å². The minimum absolute atomic E-state index is 0.185. The molecule has 1 aliphatic heterocycles. The molecule has 4 heteroatoms. The minimum Gasteiger partial charge on any atom is -0.410 e. The number of nitrogens with one attached hydrogen (secondary N) is 2. The molecule has 0 aromatic heterocycles. The summed E-state index contributed by atoms with van der Waals surface area (Å²) < 4.78 is 5.37. The Morgan fingerprint density at radius 1 is 1.28 bits per heavy atom. The Kier molecular flexibility index (Phi) is 3.87. The molecule has 1 aromatic carbocycles. The fourth-order valence-corrected chi connectivity index (χ4v) is 2.12. The smallest absolute Gasteiger partial charge is 0.410 e. The van der Waals surface area contributed by atoms with Crippen LogP contribution in [0.25, 0.3) is 0 Å². The standard InChI is InChI=1S/C14H20N2O2/c1-9-6-11(3)13(7-10(9)2)18-14(17)16-12-4-5-15-8-12/h6-7,12,15H,4-5,8H2,1-3H3,(H,16,17). The van der Waals surface area contributed by atoms with Crippen molar-refractivity contribution in [1.82, 2.24) is 10.6 Å². The van der Waals surface area contributed by atoms with Gasteiger partial charge < -0.3 is 15.4 Å². The van der Waals surface area contributed by atoms with E-state index in [1.54, 1.807) is 0 Å². The van der Waals surface area contributed by atoms with E-state index in [0.717, 1.165) is 30.6 Å². The molecule has 1 aromatic rings. The Bertz CT molecular complexity index is 451. The molecule has 0 radical (unpaired) electrons. The molecule has 0 bridgehead atoms. The SMILES string of the molecule is Cc1cc(C)c(OC(=O)NC2CCNC2)cc1C. The highest BCUT2D eigenvalue weighted by atomic mass is 16.6. The average molecular weight is 248 g/mol. The summed E-state index contributed by atoms with van der Waals surface area (Å²) in [6.45, 7) is 7.79. The number of carbonyl (C=O) groups is 1. The molecule has 1 aliphatic rings. The van der Waals surface area contributed by atoms with Crippen LogP contribution in [0.1, 0.15) is 23.1 Å². The molecule has 0 spiro atoms. The maximum Gasteiger partial charge on any atom is 0.412 e. The molecule has 98 valence electrons. The van der Waals surface area contributed by atoms with Crippen molar-refractivity contribution in [2.45, 2.75) is 33.2 Å². The van der Waals surface area contributed by atoms with Gasteiger partial charge in [0.1, 0.15) is 5.75 Å². The van der Waals surface area contributed by atoms with Crippen LogP contribution in [0.2, 0.25) is 0 Å². The van der Waals surface area contributed by atoms with E-state index in [1.165, 1.54) is 5.56 Å². The third-order valence-corrected chi connectivity index (χ3v) is 3.38. The highest BCUT2D eigenvalue weighted by molar-refractivity contribution is 5.71. The van der Waals surface area contributed by atoms with E-state index in [4.69, 9.17) is 4.74 Å². The topological polar surface area (TPSA) is 50.4 Å². The van der Waals surface area contributed by atoms with Crippen molar-refractivity contribution in [1.29, 1.82) is 0 Å². The summed E-state index contributed by atoms with van der Waals surface area (Å²) in [6.07, 6.45) is 0.594. The van der Waals surface area contributed by atoms with E-state index in [1.807, 2.05) is 26.0 Å². The second kappa shape index (κ2) is 5.40. The van der Waals surface area contributed by atoms with Crippen LogP contribution >= 0.6 is 0 Å². The number of benzene rings is 1. The molecule has 1 saturated heterocycles. The van der Waals surface area contributed by atoms with Crippen LogP contribution in [0.4, 0.5) is 4.79 Å². The van der Waals surface area contributed by atoms with Gasteiger partial charge in [-0.15, -0.1) is 0 Å². The number of aryl methyl sites for hydroxylation is 3. The zero-order valence-corrected chi connectivity index (χ0v) is 11.2. The molecule has 1 atom stereocenters. The van der Waals surface area contributed by atoms with E-state index in [-0.39, 0.29) is 12.1 Å². The van der Waals surface area contributed by atoms with Gasteiger partial charge in [-0.05, 0) is 56.5 Å². The lowest BCUT2D eigenvalue weighted by molar-refractivity contribution is 0.196. The van der Waals surface area contributed by atoms with E-state index in [0.29, 0.717) is 5.75 Å². The molecular weight excluding hydrogens is 228 g/mol. The molecule has 1 heterocycles. The fraction of sp³-hybridized carbons (Fsp3) is 0.500. The van der Waals surface area contributed by atoms with Crippen LogP contribution in [0.15, 0.2) is 12.1 Å². The van der Waals surface area contributed by atoms with Gasteiger partial charge in [0.25, 0.3) is 0 Å². The molecule has 4 nitrogen and oxygen atoms in total. The van der Waals surface area contributed by atoms with Crippen LogP contribution < -0.4 is 15.4 Å². The number of rotatable bonds is 2. The van der Waals surface area contributed by atoms with Crippen LogP contribution in [-0.2, 0) is 0 Å². The third kappa shape index (κ3) is 3.01. The normalized spacial score (nSPS) is 18.7. The Morgan fingerprint density at radius 3 is 2.67 bits per heavy atom. The van der Waals surface area contributed by atoms with Crippen molar-refractivity contribution in [2.75, 3.05) is 13.1 Å². The lowest BCUT2D eigenvalue weighted by Crippen LogP contribution is -2.38. The van der Waals surface area contributed by atoms with Crippen molar-refractivity contribution in [3.63, 3.8) is 0 Å². The van der Waals surface area contributed by atoms with E-state index < -0.39 is 0 Å². The fourth-order valence-electron chi connectivity index (χ4n) is 2.12. The monoisotopic (exact) mass is 248 g/mol. The zero-order chi connectivity index (χ0) is 13.1. The number of hydrogen-bond donors (Lipinski definition) is 2. The predicted molar refractivity (Wildman–Crippen MR) is 71.1 cm³/mol. The summed E-state index contributed by atoms with van der Waals surface area (Å²) in [5.74, 6) is 0.640. The van der Waals surface area contributed by atoms with Crippen molar-refractivity contribution in [3.8, 4) is 5.75 Å². The van der Waals surface area contributed by atoms with Crippen LogP contribution in [0.3, 0.4) is 0 Å². The van der Waals surface area contributed by atoms with Gasteiger partial charge in [-0.3, -0.25) is 0 Å². The molecule has 2 rings (SSSR count). The van der Waals surface area contributed by atoms with Crippen molar-refractivity contribution in [2.24, 2.45) is 0 Å². The van der Waals surface area contributed by atoms with E-state index >= 15 is 0 Å². The molecule has 0 aliphatic carbocycles. The molecule has 1 amide bonds. The summed E-state index contributed by atoms with van der Waals surface area (Å²) in [5.41, 5.74) is 3.32. The summed E-state index contributed by atoms with van der Waals surface area (Å²) in [6, 6.07) is 4.14. The summed E-state index contributed by atoms with van der Waals surface area (Å²) in [5, 5.41) is 6.06. The minimum atomic E-state index is -0.366. The first-order valence-corrected chi connectivity index (χ1v) is 6.33. The van der Waals surface area contributed by atoms with Gasteiger partial charge in [0, 0.05) is 12.6 Å². The highest BCUT2D eigenvalue weighted by Crippen LogP contribution is 2.22. The number of carbonyl (C=O) groups excluding carboxylic acids is 1. The van der Waals surface area contributed by atoms with Gasteiger partial charge in [-0.2, -0.15) is 0 Å². The molecule has 0 saturated carbocycles. The van der Waals surface area contributed by atoms with Crippen LogP contribution in [-0.4, -0.2) is 25.2 Å². The molecule has 1 unspecified atom stereocenters. The number of amides is 1. The lowest BCUT2D eigenvalue weighted by Gasteiger charge is -2.14. The van der Waals surface area contributed by atoms with Crippen molar-refractivity contribution < 1.29 is 9.53 Å². The largest absolute Gasteiger partial charge is 0.412 e. The van der Waals surface area contributed by atoms with Gasteiger partial charge in [-0.25, -0.2) is 4.79 Å². The number of hydrogen-bond acceptors (Lipinski definition) is 3. The Hall–Kier alpha value is -1.55. The molecule has 1 fully saturated rings. The Labute approximate surface area is 108 Å². The van der Waals surface area contributed by atoms with Crippen LogP contribution in [0.5, 0.6) is 5.75 Å². The summed E-state index contributed by atoms with van der Waals surface area (Å²) >= 11 is 0. The molecule has 18 heavy (non-hydrogen) atoms. The molecule has 2 N–H and O–H groups in total. The summed E-state index contributed by atoms with van der Waals surface area (Å²) in [7, 11) is 0. The second-order valence-electron chi connectivity index (χ2n) is 4.93. The van der Waals surface area contributed by atoms with Crippen molar-refractivity contribution >= 4 is 6.09 Å². The average Bonchev–Trinajstić information content (AvgIpc) is 2.78. The number of ether oxygens (including phenoxy) is 1. The Balaban J connectivity index is 2.00. The van der Waals surface area contributed by atoms with Gasteiger partial charge in [0.05, 0.1) is 0 Å². The quantitative estimate of drug-likeness (QED) is 0.842. The first-order valence-electron chi connectivity index (χ1n) is 6.33. The third-order valence-electron chi connectivity index (χ3n) is 3.38. The second-order valence-corrected chi connectivity index (χ2v) is 4.93. The first-order chi connectivity index (χ1) is 8.56. The maximum absolute atomic E-state index is 11.8. The first kappa shape index (κ1) is 12.9. The highest BCUT2D eigenvalue weighted by Gasteiger charge is 2.18. The van der Waals surface area contributed by atoms with Gasteiger partial charge in [0.15, 0.2) is 0 Å². The van der Waals surface area contributed by atoms with Gasteiger partial charge in [-0.1, -0.05) is 6.07 Å². The zero-order valence-electron chi connectivity index (χ0n) is 11.2. The summed E-state index contributed by atoms with van der Waals surface area (Å²) in [4.78, 5) is 11.8. The maximum atomic E-state index is 11.8. The van der Waals surface area contributed by atoms with Crippen molar-refractivity contribution in [3.05, 3.63) is 28.8 Å². The predicted octanol–water partition coefficient (Wildman–Crippen LogP) is 2.06. The van der Waals surface area contributed by atoms with Gasteiger partial charge >= 0.3 is 6.09 Å². The molecular formula is C14H20N2O2.